The second kappa shape index (κ2) is 9.89. The molecule has 0 saturated carbocycles. The minimum Gasteiger partial charge on any atom is -0.491 e. The Labute approximate surface area is 186 Å². The number of rotatable bonds is 8. The smallest absolute Gasteiger partial charge is 0.421 e. The van der Waals surface area contributed by atoms with E-state index in [0.29, 0.717) is 23.0 Å². The Balaban J connectivity index is 1.87. The van der Waals surface area contributed by atoms with E-state index in [1.807, 2.05) is 38.1 Å². The van der Waals surface area contributed by atoms with Gasteiger partial charge in [0.25, 0.3) is 0 Å². The van der Waals surface area contributed by atoms with Gasteiger partial charge in [-0.1, -0.05) is 39.0 Å². The van der Waals surface area contributed by atoms with Crippen molar-refractivity contribution in [3.8, 4) is 5.75 Å². The van der Waals surface area contributed by atoms with Gasteiger partial charge in [-0.2, -0.15) is 18.2 Å². The van der Waals surface area contributed by atoms with Gasteiger partial charge in [-0.15, -0.1) is 0 Å². The highest BCUT2D eigenvalue weighted by molar-refractivity contribution is 5.64. The van der Waals surface area contributed by atoms with E-state index < -0.39 is 11.7 Å². The average Bonchev–Trinajstić information content (AvgIpc) is 2.73. The molecule has 0 radical (unpaired) electrons. The van der Waals surface area contributed by atoms with Crippen molar-refractivity contribution >= 4 is 23.1 Å². The molecule has 1 atom stereocenters. The number of alkyl halides is 3. The van der Waals surface area contributed by atoms with Crippen molar-refractivity contribution in [2.75, 3.05) is 10.6 Å². The monoisotopic (exact) mass is 444 g/mol. The number of hydrogen-bond acceptors (Lipinski definition) is 5. The van der Waals surface area contributed by atoms with E-state index in [1.54, 1.807) is 24.3 Å². The van der Waals surface area contributed by atoms with Gasteiger partial charge in [0, 0.05) is 23.6 Å². The molecule has 0 aliphatic carbocycles. The fraction of sp³-hybridized carbons (Fsp3) is 0.333. The number of nitrogens with zero attached hydrogens (tertiary/aromatic N) is 2. The first kappa shape index (κ1) is 23.4. The van der Waals surface area contributed by atoms with Crippen LogP contribution in [0.25, 0.3) is 0 Å². The van der Waals surface area contributed by atoms with Gasteiger partial charge < -0.3 is 15.4 Å². The van der Waals surface area contributed by atoms with Gasteiger partial charge in [0.1, 0.15) is 17.1 Å². The Morgan fingerprint density at radius 2 is 1.69 bits per heavy atom. The van der Waals surface area contributed by atoms with Crippen molar-refractivity contribution in [3.05, 3.63) is 65.9 Å². The maximum atomic E-state index is 13.6. The minimum atomic E-state index is -4.61. The summed E-state index contributed by atoms with van der Waals surface area (Å²) < 4.78 is 46.4. The molecule has 2 N–H and O–H groups in total. The molecule has 2 aromatic carbocycles. The SMILES string of the molecule is CCC(C)Oc1cccc(Nc2nc(Nc3ccc(C(C)C)cc3)ncc2C(F)(F)F)c1. The zero-order valence-corrected chi connectivity index (χ0v) is 18.5. The molecule has 0 aliphatic rings. The Hall–Kier alpha value is -3.29. The normalized spacial score (nSPS) is 12.5. The van der Waals surface area contributed by atoms with Gasteiger partial charge in [-0.05, 0) is 49.1 Å². The predicted octanol–water partition coefficient (Wildman–Crippen LogP) is 7.28. The molecule has 0 spiro atoms. The van der Waals surface area contributed by atoms with Crippen LogP contribution in [-0.4, -0.2) is 16.1 Å². The van der Waals surface area contributed by atoms with Gasteiger partial charge in [0.2, 0.25) is 5.95 Å². The molecular formula is C24H27F3N4O. The minimum absolute atomic E-state index is 0.00655. The second-order valence-electron chi connectivity index (χ2n) is 7.84. The predicted molar refractivity (Wildman–Crippen MR) is 121 cm³/mol. The molecule has 32 heavy (non-hydrogen) atoms. The number of aromatic nitrogens is 2. The fourth-order valence-electron chi connectivity index (χ4n) is 2.92. The zero-order chi connectivity index (χ0) is 23.3. The highest BCUT2D eigenvalue weighted by atomic mass is 19.4. The lowest BCUT2D eigenvalue weighted by Crippen LogP contribution is -2.13. The average molecular weight is 445 g/mol. The van der Waals surface area contributed by atoms with Crippen LogP contribution in [0.1, 0.15) is 51.2 Å². The molecular weight excluding hydrogens is 417 g/mol. The van der Waals surface area contributed by atoms with Crippen LogP contribution in [0, 0.1) is 0 Å². The van der Waals surface area contributed by atoms with Crippen molar-refractivity contribution < 1.29 is 17.9 Å². The molecule has 0 fully saturated rings. The molecule has 3 aromatic rings. The Morgan fingerprint density at radius 1 is 0.969 bits per heavy atom. The van der Waals surface area contributed by atoms with Crippen molar-refractivity contribution in [2.45, 2.75) is 52.3 Å². The summed E-state index contributed by atoms with van der Waals surface area (Å²) >= 11 is 0. The number of benzene rings is 2. The second-order valence-corrected chi connectivity index (χ2v) is 7.84. The standard InChI is InChI=1S/C24H27F3N4O/c1-5-16(4)32-20-8-6-7-19(13-20)29-22-21(24(25,26)27)14-28-23(31-22)30-18-11-9-17(10-12-18)15(2)3/h6-16H,5H2,1-4H3,(H2,28,29,30,31). The first-order valence-electron chi connectivity index (χ1n) is 10.5. The van der Waals surface area contributed by atoms with E-state index >= 15 is 0 Å². The third-order valence-corrected chi connectivity index (χ3v) is 4.94. The van der Waals surface area contributed by atoms with Crippen LogP contribution in [0.5, 0.6) is 5.75 Å². The zero-order valence-electron chi connectivity index (χ0n) is 18.5. The fourth-order valence-corrected chi connectivity index (χ4v) is 2.92. The summed E-state index contributed by atoms with van der Waals surface area (Å²) in [7, 11) is 0. The summed E-state index contributed by atoms with van der Waals surface area (Å²) in [5, 5.41) is 5.74. The quantitative estimate of drug-likeness (QED) is 0.382. The van der Waals surface area contributed by atoms with Crippen LogP contribution in [0.4, 0.5) is 36.3 Å². The maximum absolute atomic E-state index is 13.6. The summed E-state index contributed by atoms with van der Waals surface area (Å²) in [4.78, 5) is 7.96. The van der Waals surface area contributed by atoms with E-state index in [0.717, 1.165) is 18.2 Å². The first-order valence-corrected chi connectivity index (χ1v) is 10.5. The van der Waals surface area contributed by atoms with E-state index in [4.69, 9.17) is 4.74 Å². The highest BCUT2D eigenvalue weighted by Gasteiger charge is 2.35. The maximum Gasteiger partial charge on any atom is 0.421 e. The van der Waals surface area contributed by atoms with E-state index in [9.17, 15) is 13.2 Å². The number of hydrogen-bond donors (Lipinski definition) is 2. The molecule has 3 rings (SSSR count). The largest absolute Gasteiger partial charge is 0.491 e. The van der Waals surface area contributed by atoms with Gasteiger partial charge >= 0.3 is 6.18 Å². The third kappa shape index (κ3) is 6.12. The van der Waals surface area contributed by atoms with Gasteiger partial charge in [0.05, 0.1) is 6.10 Å². The lowest BCUT2D eigenvalue weighted by Gasteiger charge is -2.16. The van der Waals surface area contributed by atoms with Crippen LogP contribution in [0.3, 0.4) is 0 Å². The molecule has 1 heterocycles. The Bertz CT molecular complexity index is 1040. The number of halogens is 3. The molecule has 1 unspecified atom stereocenters. The van der Waals surface area contributed by atoms with E-state index in [2.05, 4.69) is 34.4 Å². The molecule has 0 aliphatic heterocycles. The molecule has 170 valence electrons. The summed E-state index contributed by atoms with van der Waals surface area (Å²) in [5.41, 5.74) is 1.32. The molecule has 5 nitrogen and oxygen atoms in total. The van der Waals surface area contributed by atoms with Crippen LogP contribution >= 0.6 is 0 Å². The van der Waals surface area contributed by atoms with Crippen LogP contribution in [-0.2, 0) is 6.18 Å². The summed E-state index contributed by atoms with van der Waals surface area (Å²) in [6.07, 6.45) is -3.02. The van der Waals surface area contributed by atoms with Gasteiger partial charge in [-0.25, -0.2) is 4.98 Å². The molecule has 0 amide bonds. The van der Waals surface area contributed by atoms with Crippen LogP contribution < -0.4 is 15.4 Å². The molecule has 8 heteroatoms. The van der Waals surface area contributed by atoms with Crippen molar-refractivity contribution in [3.63, 3.8) is 0 Å². The van der Waals surface area contributed by atoms with Crippen molar-refractivity contribution in [2.24, 2.45) is 0 Å². The molecule has 1 aromatic heterocycles. The highest BCUT2D eigenvalue weighted by Crippen LogP contribution is 2.36. The lowest BCUT2D eigenvalue weighted by molar-refractivity contribution is -0.137. The molecule has 0 saturated heterocycles. The Morgan fingerprint density at radius 3 is 2.31 bits per heavy atom. The summed E-state index contributed by atoms with van der Waals surface area (Å²) in [6, 6.07) is 14.4. The number of nitrogens with one attached hydrogen (secondary N) is 2. The lowest BCUT2D eigenvalue weighted by atomic mass is 10.0. The van der Waals surface area contributed by atoms with Gasteiger partial charge in [-0.3, -0.25) is 0 Å². The van der Waals surface area contributed by atoms with Gasteiger partial charge in [0.15, 0.2) is 0 Å². The number of ether oxygens (including phenoxy) is 1. The first-order chi connectivity index (χ1) is 15.2. The van der Waals surface area contributed by atoms with Crippen molar-refractivity contribution in [1.82, 2.24) is 9.97 Å². The Kier molecular flexibility index (Phi) is 7.22. The summed E-state index contributed by atoms with van der Waals surface area (Å²) in [6.45, 7) is 8.09. The van der Waals surface area contributed by atoms with Crippen molar-refractivity contribution in [1.29, 1.82) is 0 Å². The van der Waals surface area contributed by atoms with E-state index in [1.165, 1.54) is 0 Å². The topological polar surface area (TPSA) is 59.1 Å². The van der Waals surface area contributed by atoms with Crippen LogP contribution in [0.2, 0.25) is 0 Å². The summed E-state index contributed by atoms with van der Waals surface area (Å²) in [5.74, 6) is 0.664. The number of anilines is 4. The van der Waals surface area contributed by atoms with E-state index in [-0.39, 0.29) is 17.9 Å². The van der Waals surface area contributed by atoms with Crippen LogP contribution in [0.15, 0.2) is 54.7 Å². The molecule has 0 bridgehead atoms. The third-order valence-electron chi connectivity index (χ3n) is 4.94.